The van der Waals surface area contributed by atoms with Crippen molar-refractivity contribution in [2.24, 2.45) is 5.92 Å². The molecule has 1 aliphatic carbocycles. The number of fused-ring (bicyclic) bond motifs is 1. The molecule has 0 radical (unpaired) electrons. The molecule has 0 aromatic heterocycles. The van der Waals surface area contributed by atoms with Crippen LogP contribution in [-0.4, -0.2) is 38.0 Å². The zero-order chi connectivity index (χ0) is 22.7. The van der Waals surface area contributed by atoms with E-state index in [-0.39, 0.29) is 5.91 Å². The van der Waals surface area contributed by atoms with Gasteiger partial charge in [-0.3, -0.25) is 4.79 Å². The molecule has 6 nitrogen and oxygen atoms in total. The van der Waals surface area contributed by atoms with Crippen LogP contribution in [0.15, 0.2) is 89.4 Å². The maximum Gasteiger partial charge on any atom is 0.254 e. The van der Waals surface area contributed by atoms with Gasteiger partial charge in [-0.15, -0.1) is 0 Å². The third kappa shape index (κ3) is 4.28. The average molecular weight is 428 g/mol. The number of rotatable bonds is 6. The second kappa shape index (κ2) is 9.10. The van der Waals surface area contributed by atoms with Gasteiger partial charge < -0.3 is 20.3 Å². The highest BCUT2D eigenvalue weighted by Gasteiger charge is 2.40. The van der Waals surface area contributed by atoms with Gasteiger partial charge in [0.25, 0.3) is 5.91 Å². The SMILES string of the molecule is COC1=CC(=C=O)C2C(=C1)NC(=O)C2=C(Nc1ccc(CN(C)C)cc1)c1ccccc1. The predicted octanol–water partition coefficient (Wildman–Crippen LogP) is 3.50. The Labute approximate surface area is 187 Å². The Hall–Kier alpha value is -3.86. The van der Waals surface area contributed by atoms with Gasteiger partial charge in [0.05, 0.1) is 29.9 Å². The van der Waals surface area contributed by atoms with Crippen molar-refractivity contribution in [2.75, 3.05) is 26.5 Å². The van der Waals surface area contributed by atoms with E-state index >= 15 is 0 Å². The fraction of sp³-hybridized carbons (Fsp3) is 0.192. The Morgan fingerprint density at radius 3 is 2.44 bits per heavy atom. The molecule has 1 unspecified atom stereocenters. The van der Waals surface area contributed by atoms with Gasteiger partial charge in [-0.05, 0) is 43.4 Å². The van der Waals surface area contributed by atoms with E-state index in [1.807, 2.05) is 62.5 Å². The van der Waals surface area contributed by atoms with Crippen molar-refractivity contribution in [1.82, 2.24) is 10.2 Å². The van der Waals surface area contributed by atoms with Crippen molar-refractivity contribution in [3.8, 4) is 0 Å². The van der Waals surface area contributed by atoms with Crippen molar-refractivity contribution in [1.29, 1.82) is 0 Å². The molecule has 32 heavy (non-hydrogen) atoms. The van der Waals surface area contributed by atoms with Crippen molar-refractivity contribution in [3.63, 3.8) is 0 Å². The third-order valence-electron chi connectivity index (χ3n) is 5.42. The van der Waals surface area contributed by atoms with Gasteiger partial charge in [0, 0.05) is 24.0 Å². The number of hydrogen-bond donors (Lipinski definition) is 2. The number of amides is 1. The lowest BCUT2D eigenvalue weighted by Crippen LogP contribution is -2.16. The summed E-state index contributed by atoms with van der Waals surface area (Å²) in [5.41, 5.74) is 4.98. The van der Waals surface area contributed by atoms with Gasteiger partial charge in [0.1, 0.15) is 11.7 Å². The first-order valence-electron chi connectivity index (χ1n) is 10.3. The highest BCUT2D eigenvalue weighted by atomic mass is 16.5. The molecular formula is C26H25N3O3. The van der Waals surface area contributed by atoms with Crippen LogP contribution in [0.2, 0.25) is 0 Å². The summed E-state index contributed by atoms with van der Waals surface area (Å²) in [5, 5.41) is 6.33. The minimum absolute atomic E-state index is 0.254. The topological polar surface area (TPSA) is 70.7 Å². The minimum Gasteiger partial charge on any atom is -0.497 e. The number of ether oxygens (including phenoxy) is 1. The van der Waals surface area contributed by atoms with Crippen LogP contribution in [0.25, 0.3) is 5.70 Å². The van der Waals surface area contributed by atoms with E-state index in [9.17, 15) is 9.59 Å². The van der Waals surface area contributed by atoms with Gasteiger partial charge in [0.2, 0.25) is 0 Å². The predicted molar refractivity (Wildman–Crippen MR) is 125 cm³/mol. The van der Waals surface area contributed by atoms with E-state index < -0.39 is 5.92 Å². The third-order valence-corrected chi connectivity index (χ3v) is 5.42. The maximum atomic E-state index is 13.1. The summed E-state index contributed by atoms with van der Waals surface area (Å²) in [6, 6.07) is 17.7. The van der Waals surface area contributed by atoms with Crippen molar-refractivity contribution >= 4 is 23.2 Å². The van der Waals surface area contributed by atoms with Gasteiger partial charge in [-0.25, -0.2) is 4.79 Å². The molecule has 1 amide bonds. The van der Waals surface area contributed by atoms with Crippen LogP contribution < -0.4 is 10.6 Å². The normalized spacial score (nSPS) is 18.9. The summed E-state index contributed by atoms with van der Waals surface area (Å²) in [6.07, 6.45) is 3.37. The second-order valence-corrected chi connectivity index (χ2v) is 8.01. The summed E-state index contributed by atoms with van der Waals surface area (Å²) in [5.74, 6) is 1.71. The van der Waals surface area contributed by atoms with Crippen LogP contribution in [0.5, 0.6) is 0 Å². The van der Waals surface area contributed by atoms with E-state index in [1.165, 1.54) is 12.7 Å². The first kappa shape index (κ1) is 21.4. The molecule has 0 spiro atoms. The van der Waals surface area contributed by atoms with Crippen molar-refractivity contribution < 1.29 is 14.3 Å². The van der Waals surface area contributed by atoms with Crippen LogP contribution in [0.3, 0.4) is 0 Å². The summed E-state index contributed by atoms with van der Waals surface area (Å²) in [4.78, 5) is 27.0. The van der Waals surface area contributed by atoms with Crippen LogP contribution in [0, 0.1) is 5.92 Å². The monoisotopic (exact) mass is 427 g/mol. The molecule has 1 saturated heterocycles. The molecule has 2 aromatic carbocycles. The Kier molecular flexibility index (Phi) is 6.08. The first-order valence-corrected chi connectivity index (χ1v) is 10.3. The standard InChI is InChI=1S/C26H25N3O3/c1-29(2)15-17-9-11-20(12-10-17)27-25(18-7-5-4-6-8-18)24-23-19(16-30)13-21(32-3)14-22(23)28-26(24)31/h4-14,23,27H,15H2,1-3H3,(H,28,31). The molecule has 2 aromatic rings. The summed E-state index contributed by atoms with van der Waals surface area (Å²) >= 11 is 0. The molecule has 6 heteroatoms. The molecule has 4 rings (SSSR count). The van der Waals surface area contributed by atoms with Gasteiger partial charge in [-0.1, -0.05) is 42.5 Å². The summed E-state index contributed by atoms with van der Waals surface area (Å²) in [7, 11) is 5.58. The number of benzene rings is 2. The first-order chi connectivity index (χ1) is 15.5. The minimum atomic E-state index is -0.533. The van der Waals surface area contributed by atoms with E-state index in [4.69, 9.17) is 4.74 Å². The van der Waals surface area contributed by atoms with E-state index in [0.717, 1.165) is 17.8 Å². The number of nitrogens with zero attached hydrogens (tertiary/aromatic N) is 1. The molecule has 1 fully saturated rings. The quantitative estimate of drug-likeness (QED) is 0.545. The maximum absolute atomic E-state index is 13.1. The van der Waals surface area contributed by atoms with E-state index in [1.54, 1.807) is 12.2 Å². The molecule has 1 heterocycles. The lowest BCUT2D eigenvalue weighted by molar-refractivity contribution is -0.115. The van der Waals surface area contributed by atoms with E-state index in [2.05, 4.69) is 27.7 Å². The number of hydrogen-bond acceptors (Lipinski definition) is 5. The fourth-order valence-electron chi connectivity index (χ4n) is 4.00. The molecule has 1 aliphatic heterocycles. The molecule has 2 aliphatic rings. The van der Waals surface area contributed by atoms with Crippen LogP contribution in [0.1, 0.15) is 11.1 Å². The summed E-state index contributed by atoms with van der Waals surface area (Å²) < 4.78 is 5.28. The molecule has 1 atom stereocenters. The zero-order valence-electron chi connectivity index (χ0n) is 18.3. The summed E-state index contributed by atoms with van der Waals surface area (Å²) in [6.45, 7) is 0.840. The molecule has 162 valence electrons. The lowest BCUT2D eigenvalue weighted by Gasteiger charge is -2.20. The highest BCUT2D eigenvalue weighted by Crippen LogP contribution is 2.40. The Morgan fingerprint density at radius 1 is 1.09 bits per heavy atom. The van der Waals surface area contributed by atoms with Crippen LogP contribution in [-0.2, 0) is 20.9 Å². The highest BCUT2D eigenvalue weighted by molar-refractivity contribution is 6.09. The molecule has 0 bridgehead atoms. The number of allylic oxidation sites excluding steroid dienone is 3. The molecule has 2 N–H and O–H groups in total. The Morgan fingerprint density at radius 2 is 1.81 bits per heavy atom. The van der Waals surface area contributed by atoms with Crippen molar-refractivity contribution in [3.05, 3.63) is 100 Å². The van der Waals surface area contributed by atoms with Crippen LogP contribution >= 0.6 is 0 Å². The number of nitrogens with one attached hydrogen (secondary N) is 2. The second-order valence-electron chi connectivity index (χ2n) is 8.01. The van der Waals surface area contributed by atoms with Gasteiger partial charge in [-0.2, -0.15) is 0 Å². The Bertz CT molecular complexity index is 1170. The van der Waals surface area contributed by atoms with E-state index in [0.29, 0.717) is 28.3 Å². The number of anilines is 1. The number of carbonyl (C=O) groups excluding carboxylic acids is 2. The lowest BCUT2D eigenvalue weighted by atomic mass is 9.85. The fourth-order valence-corrected chi connectivity index (χ4v) is 4.00. The smallest absolute Gasteiger partial charge is 0.254 e. The van der Waals surface area contributed by atoms with Crippen molar-refractivity contribution in [2.45, 2.75) is 6.54 Å². The number of carbonyl (C=O) groups is 1. The molecular weight excluding hydrogens is 402 g/mol. The zero-order valence-corrected chi connectivity index (χ0v) is 18.3. The molecule has 0 saturated carbocycles. The van der Waals surface area contributed by atoms with Gasteiger partial charge in [0.15, 0.2) is 0 Å². The van der Waals surface area contributed by atoms with Gasteiger partial charge >= 0.3 is 0 Å². The Balaban J connectivity index is 1.80. The number of methoxy groups -OCH3 is 1. The average Bonchev–Trinajstić information content (AvgIpc) is 3.13. The van der Waals surface area contributed by atoms with Crippen LogP contribution in [0.4, 0.5) is 5.69 Å². The largest absolute Gasteiger partial charge is 0.497 e.